The van der Waals surface area contributed by atoms with Crippen molar-refractivity contribution in [1.82, 2.24) is 10.2 Å². The van der Waals surface area contributed by atoms with Crippen LogP contribution < -0.4 is 11.1 Å². The van der Waals surface area contributed by atoms with Crippen molar-refractivity contribution in [2.75, 3.05) is 26.2 Å². The highest BCUT2D eigenvalue weighted by atomic mass is 35.5. The van der Waals surface area contributed by atoms with Crippen LogP contribution in [0.1, 0.15) is 27.2 Å². The molecular weight excluding hydrogens is 238 g/mol. The van der Waals surface area contributed by atoms with Gasteiger partial charge in [-0.25, -0.2) is 0 Å². The summed E-state index contributed by atoms with van der Waals surface area (Å²) in [5.41, 5.74) is 5.86. The number of amides is 1. The summed E-state index contributed by atoms with van der Waals surface area (Å²) in [7, 11) is 0. The number of hydrogen-bond donors (Lipinski definition) is 2. The Morgan fingerprint density at radius 3 is 2.59 bits per heavy atom. The molecule has 1 heterocycles. The zero-order chi connectivity index (χ0) is 12.1. The van der Waals surface area contributed by atoms with Gasteiger partial charge in [0, 0.05) is 19.1 Å². The fraction of sp³-hybridized carbons (Fsp3) is 0.917. The van der Waals surface area contributed by atoms with Gasteiger partial charge in [0.25, 0.3) is 0 Å². The topological polar surface area (TPSA) is 58.4 Å². The molecule has 1 aliphatic rings. The summed E-state index contributed by atoms with van der Waals surface area (Å²) in [6.45, 7) is 9.50. The zero-order valence-corrected chi connectivity index (χ0v) is 11.9. The summed E-state index contributed by atoms with van der Waals surface area (Å²) in [6.07, 6.45) is 1.12. The standard InChI is InChI=1S/C12H25N3O.ClH/c1-9(2)6-14-12(16)8-15-5-4-11(7-15)10(3)13;/h9-11H,4-8,13H2,1-3H3,(H,14,16);1H. The van der Waals surface area contributed by atoms with Crippen LogP contribution >= 0.6 is 12.4 Å². The second-order valence-electron chi connectivity index (χ2n) is 5.34. The Morgan fingerprint density at radius 2 is 2.12 bits per heavy atom. The van der Waals surface area contributed by atoms with E-state index in [0.717, 1.165) is 26.1 Å². The Bertz CT molecular complexity index is 234. The van der Waals surface area contributed by atoms with Crippen molar-refractivity contribution in [2.45, 2.75) is 33.2 Å². The van der Waals surface area contributed by atoms with Crippen molar-refractivity contribution >= 4 is 18.3 Å². The van der Waals surface area contributed by atoms with Crippen LogP contribution in [0.4, 0.5) is 0 Å². The molecule has 1 amide bonds. The van der Waals surface area contributed by atoms with Crippen molar-refractivity contribution in [1.29, 1.82) is 0 Å². The largest absolute Gasteiger partial charge is 0.355 e. The van der Waals surface area contributed by atoms with E-state index in [-0.39, 0.29) is 24.4 Å². The van der Waals surface area contributed by atoms with Crippen LogP contribution in [0.15, 0.2) is 0 Å². The minimum atomic E-state index is 0. The summed E-state index contributed by atoms with van der Waals surface area (Å²) in [5.74, 6) is 1.20. The molecule has 1 aliphatic heterocycles. The van der Waals surface area contributed by atoms with Gasteiger partial charge in [-0.15, -0.1) is 12.4 Å². The maximum absolute atomic E-state index is 11.6. The Morgan fingerprint density at radius 1 is 1.47 bits per heavy atom. The lowest BCUT2D eigenvalue weighted by Crippen LogP contribution is -2.38. The van der Waals surface area contributed by atoms with E-state index < -0.39 is 0 Å². The monoisotopic (exact) mass is 263 g/mol. The zero-order valence-electron chi connectivity index (χ0n) is 11.1. The van der Waals surface area contributed by atoms with Crippen molar-refractivity contribution in [2.24, 2.45) is 17.6 Å². The Balaban J connectivity index is 0.00000256. The third-order valence-corrected chi connectivity index (χ3v) is 3.13. The van der Waals surface area contributed by atoms with E-state index in [1.54, 1.807) is 0 Å². The van der Waals surface area contributed by atoms with E-state index in [4.69, 9.17) is 5.73 Å². The summed E-state index contributed by atoms with van der Waals surface area (Å²) >= 11 is 0. The third kappa shape index (κ3) is 6.24. The van der Waals surface area contributed by atoms with Crippen LogP contribution in [0.5, 0.6) is 0 Å². The van der Waals surface area contributed by atoms with E-state index in [9.17, 15) is 4.79 Å². The van der Waals surface area contributed by atoms with E-state index in [1.807, 2.05) is 6.92 Å². The minimum Gasteiger partial charge on any atom is -0.355 e. The van der Waals surface area contributed by atoms with Crippen molar-refractivity contribution < 1.29 is 4.79 Å². The summed E-state index contributed by atoms with van der Waals surface area (Å²) in [6, 6.07) is 0.240. The summed E-state index contributed by atoms with van der Waals surface area (Å²) in [5, 5.41) is 2.94. The number of nitrogens with zero attached hydrogens (tertiary/aromatic N) is 1. The van der Waals surface area contributed by atoms with Gasteiger partial charge >= 0.3 is 0 Å². The van der Waals surface area contributed by atoms with Crippen LogP contribution in [0.3, 0.4) is 0 Å². The van der Waals surface area contributed by atoms with Gasteiger partial charge in [-0.3, -0.25) is 9.69 Å². The smallest absolute Gasteiger partial charge is 0.234 e. The van der Waals surface area contributed by atoms with Crippen molar-refractivity contribution in [3.63, 3.8) is 0 Å². The molecule has 17 heavy (non-hydrogen) atoms. The molecule has 0 aromatic rings. The van der Waals surface area contributed by atoms with Crippen LogP contribution in [0, 0.1) is 11.8 Å². The Hall–Kier alpha value is -0.320. The van der Waals surface area contributed by atoms with Crippen LogP contribution in [-0.2, 0) is 4.79 Å². The SMILES string of the molecule is CC(C)CNC(=O)CN1CCC(C(C)N)C1.Cl. The number of carbonyl (C=O) groups excluding carboxylic acids is 1. The number of likely N-dealkylation sites (tertiary alicyclic amines) is 1. The van der Waals surface area contributed by atoms with E-state index in [2.05, 4.69) is 24.1 Å². The highest BCUT2D eigenvalue weighted by molar-refractivity contribution is 5.85. The fourth-order valence-corrected chi connectivity index (χ4v) is 2.01. The average Bonchev–Trinajstić information content (AvgIpc) is 2.63. The van der Waals surface area contributed by atoms with Crippen molar-refractivity contribution in [3.05, 3.63) is 0 Å². The van der Waals surface area contributed by atoms with Crippen molar-refractivity contribution in [3.8, 4) is 0 Å². The van der Waals surface area contributed by atoms with Crippen LogP contribution in [0.2, 0.25) is 0 Å². The highest BCUT2D eigenvalue weighted by Crippen LogP contribution is 2.17. The van der Waals surface area contributed by atoms with E-state index in [0.29, 0.717) is 18.4 Å². The molecule has 0 spiro atoms. The lowest BCUT2D eigenvalue weighted by Gasteiger charge is -2.17. The lowest BCUT2D eigenvalue weighted by molar-refractivity contribution is -0.122. The van der Waals surface area contributed by atoms with Gasteiger partial charge in [-0.05, 0) is 31.7 Å². The first-order chi connectivity index (χ1) is 7.49. The fourth-order valence-electron chi connectivity index (χ4n) is 2.01. The maximum atomic E-state index is 11.6. The summed E-state index contributed by atoms with van der Waals surface area (Å²) < 4.78 is 0. The molecule has 3 N–H and O–H groups in total. The van der Waals surface area contributed by atoms with Gasteiger partial charge in [0.05, 0.1) is 6.54 Å². The molecule has 0 aromatic heterocycles. The Kier molecular flexibility index (Phi) is 7.75. The number of nitrogens with two attached hydrogens (primary N) is 1. The average molecular weight is 264 g/mol. The van der Waals surface area contributed by atoms with E-state index in [1.165, 1.54) is 0 Å². The molecular formula is C12H26ClN3O. The van der Waals surface area contributed by atoms with Gasteiger partial charge in [0.2, 0.25) is 5.91 Å². The Labute approximate surface area is 111 Å². The molecule has 102 valence electrons. The number of carbonyl (C=O) groups is 1. The number of rotatable bonds is 5. The molecule has 1 fully saturated rings. The maximum Gasteiger partial charge on any atom is 0.234 e. The van der Waals surface area contributed by atoms with Crippen LogP contribution in [0.25, 0.3) is 0 Å². The molecule has 0 aliphatic carbocycles. The first-order valence-electron chi connectivity index (χ1n) is 6.23. The number of nitrogens with one attached hydrogen (secondary N) is 1. The molecule has 1 saturated heterocycles. The second kappa shape index (κ2) is 7.90. The van der Waals surface area contributed by atoms with Gasteiger partial charge in [0.15, 0.2) is 0 Å². The van der Waals surface area contributed by atoms with E-state index >= 15 is 0 Å². The lowest BCUT2D eigenvalue weighted by atomic mass is 10.0. The molecule has 0 saturated carbocycles. The molecule has 5 heteroatoms. The van der Waals surface area contributed by atoms with Crippen LogP contribution in [-0.4, -0.2) is 43.0 Å². The first-order valence-corrected chi connectivity index (χ1v) is 6.23. The van der Waals surface area contributed by atoms with Gasteiger partial charge < -0.3 is 11.1 Å². The molecule has 0 bridgehead atoms. The molecule has 2 atom stereocenters. The molecule has 2 unspecified atom stereocenters. The van der Waals surface area contributed by atoms with Gasteiger partial charge in [-0.1, -0.05) is 13.8 Å². The quantitative estimate of drug-likeness (QED) is 0.773. The second-order valence-corrected chi connectivity index (χ2v) is 5.34. The predicted molar refractivity (Wildman–Crippen MR) is 73.3 cm³/mol. The first kappa shape index (κ1) is 16.7. The molecule has 0 aromatic carbocycles. The minimum absolute atomic E-state index is 0. The third-order valence-electron chi connectivity index (χ3n) is 3.13. The van der Waals surface area contributed by atoms with Gasteiger partial charge in [-0.2, -0.15) is 0 Å². The molecule has 4 nitrogen and oxygen atoms in total. The number of halogens is 1. The molecule has 1 rings (SSSR count). The summed E-state index contributed by atoms with van der Waals surface area (Å²) in [4.78, 5) is 13.8. The normalized spacial score (nSPS) is 22.3. The predicted octanol–water partition coefficient (Wildman–Crippen LogP) is 0.850. The highest BCUT2D eigenvalue weighted by Gasteiger charge is 2.26. The molecule has 0 radical (unpaired) electrons. The van der Waals surface area contributed by atoms with Gasteiger partial charge in [0.1, 0.15) is 0 Å². The number of hydrogen-bond acceptors (Lipinski definition) is 3.